The maximum Gasteiger partial charge on any atom is 0.224 e. The molecule has 1 atom stereocenters. The van der Waals surface area contributed by atoms with Gasteiger partial charge in [-0.25, -0.2) is 0 Å². The van der Waals surface area contributed by atoms with E-state index >= 15 is 0 Å². The van der Waals surface area contributed by atoms with Crippen molar-refractivity contribution in [3.05, 3.63) is 64.7 Å². The Kier molecular flexibility index (Phi) is 6.83. The highest BCUT2D eigenvalue weighted by Gasteiger charge is 2.15. The number of nitrogens with one attached hydrogen (secondary N) is 1. The third-order valence-corrected chi connectivity index (χ3v) is 3.83. The standard InChI is InChI=1S/C19H20ClNO4/c1-2-25-16-9-5-14(6-10-16)17(12-19(23)24)21-18(22)11-13-3-7-15(20)8-4-13/h3-10,17H,2,11-12H2,1H3,(H,21,22)(H,23,24)/p-1/t17-/m1/s1. The van der Waals surface area contributed by atoms with E-state index in [9.17, 15) is 14.7 Å². The van der Waals surface area contributed by atoms with Gasteiger partial charge < -0.3 is 20.0 Å². The summed E-state index contributed by atoms with van der Waals surface area (Å²) in [4.78, 5) is 23.3. The SMILES string of the molecule is CCOc1ccc([C@@H](CC(=O)[O-])NC(=O)Cc2ccc(Cl)cc2)cc1. The molecule has 5 nitrogen and oxygen atoms in total. The highest BCUT2D eigenvalue weighted by molar-refractivity contribution is 6.30. The van der Waals surface area contributed by atoms with Gasteiger partial charge in [0.25, 0.3) is 0 Å². The van der Waals surface area contributed by atoms with E-state index in [-0.39, 0.29) is 18.7 Å². The number of hydrogen-bond donors (Lipinski definition) is 1. The summed E-state index contributed by atoms with van der Waals surface area (Å²) in [6.45, 7) is 2.42. The van der Waals surface area contributed by atoms with Gasteiger partial charge in [0.1, 0.15) is 5.75 Å². The van der Waals surface area contributed by atoms with Crippen LogP contribution in [0.15, 0.2) is 48.5 Å². The second-order valence-corrected chi connectivity index (χ2v) is 5.94. The van der Waals surface area contributed by atoms with Crippen LogP contribution in [-0.2, 0) is 16.0 Å². The van der Waals surface area contributed by atoms with Crippen molar-refractivity contribution >= 4 is 23.5 Å². The third-order valence-electron chi connectivity index (χ3n) is 3.58. The Labute approximate surface area is 151 Å². The van der Waals surface area contributed by atoms with E-state index in [0.29, 0.717) is 22.9 Å². The van der Waals surface area contributed by atoms with E-state index in [1.807, 2.05) is 6.92 Å². The lowest BCUT2D eigenvalue weighted by atomic mass is 10.0. The Morgan fingerprint density at radius 2 is 1.76 bits per heavy atom. The Bertz CT molecular complexity index is 713. The van der Waals surface area contributed by atoms with Crippen LogP contribution in [0.4, 0.5) is 0 Å². The molecule has 0 saturated carbocycles. The second-order valence-electron chi connectivity index (χ2n) is 5.50. The van der Waals surface area contributed by atoms with Crippen molar-refractivity contribution in [1.82, 2.24) is 5.32 Å². The molecular weight excluding hydrogens is 342 g/mol. The lowest BCUT2D eigenvalue weighted by molar-refractivity contribution is -0.306. The summed E-state index contributed by atoms with van der Waals surface area (Å²) in [6, 6.07) is 13.2. The molecule has 0 bridgehead atoms. The maximum atomic E-state index is 12.2. The van der Waals surface area contributed by atoms with Gasteiger partial charge in [0.15, 0.2) is 0 Å². The average Bonchev–Trinajstić information content (AvgIpc) is 2.57. The molecule has 0 heterocycles. The minimum atomic E-state index is -1.23. The van der Waals surface area contributed by atoms with Crippen molar-refractivity contribution in [2.45, 2.75) is 25.8 Å². The molecule has 0 saturated heterocycles. The van der Waals surface area contributed by atoms with Crippen LogP contribution in [0.25, 0.3) is 0 Å². The molecular formula is C19H19ClNO4-. The zero-order valence-corrected chi connectivity index (χ0v) is 14.6. The van der Waals surface area contributed by atoms with Crippen LogP contribution in [0.3, 0.4) is 0 Å². The molecule has 2 aromatic carbocycles. The van der Waals surface area contributed by atoms with Crippen LogP contribution in [0.2, 0.25) is 5.02 Å². The van der Waals surface area contributed by atoms with Crippen LogP contribution < -0.4 is 15.2 Å². The molecule has 1 amide bonds. The van der Waals surface area contributed by atoms with E-state index < -0.39 is 12.0 Å². The largest absolute Gasteiger partial charge is 0.550 e. The zero-order valence-electron chi connectivity index (χ0n) is 13.8. The van der Waals surface area contributed by atoms with Crippen LogP contribution in [0, 0.1) is 0 Å². The number of carbonyl (C=O) groups is 2. The molecule has 6 heteroatoms. The number of carboxylic acid groups (broad SMARTS) is 1. The molecule has 0 radical (unpaired) electrons. The van der Waals surface area contributed by atoms with Gasteiger partial charge in [0, 0.05) is 17.4 Å². The first-order valence-corrected chi connectivity index (χ1v) is 8.32. The van der Waals surface area contributed by atoms with E-state index in [4.69, 9.17) is 16.3 Å². The first-order chi connectivity index (χ1) is 12.0. The Balaban J connectivity index is 2.07. The monoisotopic (exact) mass is 360 g/mol. The Morgan fingerprint density at radius 3 is 2.32 bits per heavy atom. The Hall–Kier alpha value is -2.53. The number of rotatable bonds is 8. The third kappa shape index (κ3) is 6.12. The average molecular weight is 361 g/mol. The minimum absolute atomic E-state index is 0.137. The predicted molar refractivity (Wildman–Crippen MR) is 93.3 cm³/mol. The van der Waals surface area contributed by atoms with Gasteiger partial charge >= 0.3 is 0 Å². The number of amides is 1. The first-order valence-electron chi connectivity index (χ1n) is 7.94. The van der Waals surface area contributed by atoms with Crippen LogP contribution in [0.1, 0.15) is 30.5 Å². The van der Waals surface area contributed by atoms with Gasteiger partial charge in [-0.3, -0.25) is 4.79 Å². The highest BCUT2D eigenvalue weighted by Crippen LogP contribution is 2.21. The van der Waals surface area contributed by atoms with Gasteiger partial charge in [0.05, 0.1) is 19.1 Å². The maximum absolute atomic E-state index is 12.2. The van der Waals surface area contributed by atoms with Crippen molar-refractivity contribution in [2.24, 2.45) is 0 Å². The van der Waals surface area contributed by atoms with Gasteiger partial charge in [-0.1, -0.05) is 35.9 Å². The number of halogens is 1. The summed E-state index contributed by atoms with van der Waals surface area (Å²) in [5.41, 5.74) is 1.47. The van der Waals surface area contributed by atoms with E-state index in [1.165, 1.54) is 0 Å². The van der Waals surface area contributed by atoms with E-state index in [1.54, 1.807) is 48.5 Å². The molecule has 2 rings (SSSR count). The first kappa shape index (κ1) is 18.8. The summed E-state index contributed by atoms with van der Waals surface area (Å²) >= 11 is 5.82. The topological polar surface area (TPSA) is 78.5 Å². The zero-order chi connectivity index (χ0) is 18.2. The lowest BCUT2D eigenvalue weighted by Crippen LogP contribution is -2.35. The Morgan fingerprint density at radius 1 is 1.12 bits per heavy atom. The van der Waals surface area contributed by atoms with Crippen LogP contribution in [0.5, 0.6) is 5.75 Å². The predicted octanol–water partition coefficient (Wildman–Crippen LogP) is 2.28. The quantitative estimate of drug-likeness (QED) is 0.783. The fourth-order valence-electron chi connectivity index (χ4n) is 2.41. The van der Waals surface area contributed by atoms with Crippen molar-refractivity contribution in [1.29, 1.82) is 0 Å². The van der Waals surface area contributed by atoms with Crippen molar-refractivity contribution in [2.75, 3.05) is 6.61 Å². The summed E-state index contributed by atoms with van der Waals surface area (Å²) in [5, 5.41) is 14.4. The molecule has 1 N–H and O–H groups in total. The molecule has 0 aliphatic rings. The van der Waals surface area contributed by atoms with Gasteiger partial charge in [-0.2, -0.15) is 0 Å². The van der Waals surface area contributed by atoms with Crippen molar-refractivity contribution in [3.8, 4) is 5.75 Å². The van der Waals surface area contributed by atoms with Crippen molar-refractivity contribution in [3.63, 3.8) is 0 Å². The van der Waals surface area contributed by atoms with Crippen LogP contribution >= 0.6 is 11.6 Å². The number of ether oxygens (including phenoxy) is 1. The lowest BCUT2D eigenvalue weighted by Gasteiger charge is -2.20. The molecule has 0 fully saturated rings. The number of benzene rings is 2. The molecule has 0 unspecified atom stereocenters. The summed E-state index contributed by atoms with van der Waals surface area (Å²) in [7, 11) is 0. The van der Waals surface area contributed by atoms with Crippen LogP contribution in [-0.4, -0.2) is 18.5 Å². The van der Waals surface area contributed by atoms with E-state index in [2.05, 4.69) is 5.32 Å². The smallest absolute Gasteiger partial charge is 0.224 e. The summed E-state index contributed by atoms with van der Waals surface area (Å²) in [6.07, 6.45) is -0.169. The number of carboxylic acids is 1. The van der Waals surface area contributed by atoms with Gasteiger partial charge in [-0.05, 0) is 42.3 Å². The molecule has 0 aliphatic heterocycles. The molecule has 0 spiro atoms. The molecule has 25 heavy (non-hydrogen) atoms. The molecule has 0 aromatic heterocycles. The number of hydrogen-bond acceptors (Lipinski definition) is 4. The second kappa shape index (κ2) is 9.08. The molecule has 132 valence electrons. The summed E-state index contributed by atoms with van der Waals surface area (Å²) < 4.78 is 5.36. The van der Waals surface area contributed by atoms with Gasteiger partial charge in [0.2, 0.25) is 5.91 Å². The van der Waals surface area contributed by atoms with Crippen molar-refractivity contribution < 1.29 is 19.4 Å². The highest BCUT2D eigenvalue weighted by atomic mass is 35.5. The fourth-order valence-corrected chi connectivity index (χ4v) is 2.54. The van der Waals surface area contributed by atoms with E-state index in [0.717, 1.165) is 5.56 Å². The molecule has 0 aliphatic carbocycles. The normalized spacial score (nSPS) is 11.6. The number of aliphatic carboxylic acids is 1. The fraction of sp³-hybridized carbons (Fsp3) is 0.263. The molecule has 2 aromatic rings. The minimum Gasteiger partial charge on any atom is -0.550 e. The number of carbonyl (C=O) groups excluding carboxylic acids is 2. The summed E-state index contributed by atoms with van der Waals surface area (Å²) in [5.74, 6) is -0.820. The van der Waals surface area contributed by atoms with Gasteiger partial charge in [-0.15, -0.1) is 0 Å².